The Labute approximate surface area is 220 Å². The van der Waals surface area contributed by atoms with Crippen molar-refractivity contribution < 1.29 is 22.6 Å². The van der Waals surface area contributed by atoms with Gasteiger partial charge in [-0.25, -0.2) is 14.5 Å². The van der Waals surface area contributed by atoms with Gasteiger partial charge in [-0.2, -0.15) is 28.4 Å². The number of halogens is 3. The van der Waals surface area contributed by atoms with Crippen LogP contribution >= 0.6 is 0 Å². The molecule has 1 aromatic carbocycles. The van der Waals surface area contributed by atoms with Crippen LogP contribution in [0.15, 0.2) is 42.9 Å². The van der Waals surface area contributed by atoms with Crippen LogP contribution in [-0.4, -0.2) is 54.7 Å². The fraction of sp³-hybridized carbons (Fsp3) is 0.370. The molecule has 0 aliphatic heterocycles. The highest BCUT2D eigenvalue weighted by atomic mass is 19.4. The van der Waals surface area contributed by atoms with Gasteiger partial charge in [0.25, 0.3) is 0 Å². The number of ether oxygens (including phenoxy) is 2. The molecule has 12 heteroatoms. The number of fused-ring (bicyclic) bond motifs is 2. The van der Waals surface area contributed by atoms with Gasteiger partial charge in [0.15, 0.2) is 5.65 Å². The van der Waals surface area contributed by atoms with Crippen LogP contribution in [0.1, 0.15) is 53.8 Å². The molecule has 2 aliphatic carbocycles. The standard InChI is InChI=1S/C27H24F3N7O2/c1-38-25-20(12-32-26(33-25)39-2)21-11-19(24-31-7-8-36(24)34-21)18-10-17(18)15-5-6-16-22(9-15)37(13-27(28,29)30)35-23(16)14-3-4-14/h5-9,11-12,14,17-18H,3-4,10,13H2,1-2H3/t17-,18+/m1/s1. The Hall–Kier alpha value is -4.22. The first kappa shape index (κ1) is 23.9. The molecule has 0 unspecified atom stereocenters. The Morgan fingerprint density at radius 1 is 1.03 bits per heavy atom. The van der Waals surface area contributed by atoms with Gasteiger partial charge in [-0.3, -0.25) is 4.68 Å². The molecule has 200 valence electrons. The van der Waals surface area contributed by atoms with Crippen LogP contribution in [0.2, 0.25) is 0 Å². The first-order valence-corrected chi connectivity index (χ1v) is 12.7. The first-order valence-electron chi connectivity index (χ1n) is 12.7. The van der Waals surface area contributed by atoms with Crippen molar-refractivity contribution in [1.29, 1.82) is 0 Å². The Kier molecular flexibility index (Phi) is 5.29. The Morgan fingerprint density at radius 3 is 2.62 bits per heavy atom. The highest BCUT2D eigenvalue weighted by Gasteiger charge is 2.42. The maximum atomic E-state index is 13.3. The van der Waals surface area contributed by atoms with Gasteiger partial charge < -0.3 is 9.47 Å². The Morgan fingerprint density at radius 2 is 1.87 bits per heavy atom. The first-order chi connectivity index (χ1) is 18.8. The molecule has 2 atom stereocenters. The van der Waals surface area contributed by atoms with Crippen LogP contribution in [0.25, 0.3) is 27.8 Å². The van der Waals surface area contributed by atoms with Crippen molar-refractivity contribution in [2.75, 3.05) is 14.2 Å². The van der Waals surface area contributed by atoms with Gasteiger partial charge in [0.1, 0.15) is 6.54 Å². The van der Waals surface area contributed by atoms with Gasteiger partial charge in [0, 0.05) is 35.5 Å². The van der Waals surface area contributed by atoms with Gasteiger partial charge in [-0.05, 0) is 48.8 Å². The number of aromatic nitrogens is 7. The van der Waals surface area contributed by atoms with Crippen molar-refractivity contribution in [3.8, 4) is 23.1 Å². The number of imidazole rings is 1. The van der Waals surface area contributed by atoms with Crippen LogP contribution < -0.4 is 9.47 Å². The second-order valence-corrected chi connectivity index (χ2v) is 10.1. The third-order valence-corrected chi connectivity index (χ3v) is 7.49. The van der Waals surface area contributed by atoms with E-state index in [1.54, 1.807) is 23.1 Å². The van der Waals surface area contributed by atoms with Crippen molar-refractivity contribution in [2.24, 2.45) is 0 Å². The lowest BCUT2D eigenvalue weighted by Gasteiger charge is -2.11. The minimum atomic E-state index is -4.34. The van der Waals surface area contributed by atoms with E-state index in [9.17, 15) is 13.2 Å². The number of nitrogens with zero attached hydrogens (tertiary/aromatic N) is 7. The van der Waals surface area contributed by atoms with E-state index in [-0.39, 0.29) is 23.8 Å². The summed E-state index contributed by atoms with van der Waals surface area (Å²) < 4.78 is 53.4. The van der Waals surface area contributed by atoms with Crippen molar-refractivity contribution in [3.63, 3.8) is 0 Å². The van der Waals surface area contributed by atoms with E-state index in [0.29, 0.717) is 22.7 Å². The molecule has 5 aromatic rings. The Bertz CT molecular complexity index is 1720. The maximum absolute atomic E-state index is 13.3. The fourth-order valence-electron chi connectivity index (χ4n) is 5.43. The zero-order chi connectivity index (χ0) is 26.9. The SMILES string of the molecule is COc1ncc(-c2cc([C@H]3C[C@@H]3c3ccc4c(C5CC5)nn(CC(F)(F)F)c4c3)c3nccn3n2)c(OC)n1. The normalized spacial score (nSPS) is 19.1. The van der Waals surface area contributed by atoms with Gasteiger partial charge in [-0.15, -0.1) is 0 Å². The summed E-state index contributed by atoms with van der Waals surface area (Å²) in [7, 11) is 3.00. The zero-order valence-electron chi connectivity index (χ0n) is 21.2. The molecule has 39 heavy (non-hydrogen) atoms. The fourth-order valence-corrected chi connectivity index (χ4v) is 5.43. The number of benzene rings is 1. The van der Waals surface area contributed by atoms with Gasteiger partial charge in [0.05, 0.1) is 36.7 Å². The highest BCUT2D eigenvalue weighted by molar-refractivity contribution is 5.84. The molecule has 2 aliphatic rings. The lowest BCUT2D eigenvalue weighted by molar-refractivity contribution is -0.141. The summed E-state index contributed by atoms with van der Waals surface area (Å²) in [5.41, 5.74) is 5.27. The molecule has 4 aromatic heterocycles. The summed E-state index contributed by atoms with van der Waals surface area (Å²) in [6, 6.07) is 8.01. The van der Waals surface area contributed by atoms with Crippen LogP contribution in [0, 0.1) is 0 Å². The van der Waals surface area contributed by atoms with Gasteiger partial charge in [-0.1, -0.05) is 12.1 Å². The second-order valence-electron chi connectivity index (χ2n) is 10.1. The lowest BCUT2D eigenvalue weighted by Crippen LogP contribution is -2.18. The van der Waals surface area contributed by atoms with E-state index < -0.39 is 12.7 Å². The minimum absolute atomic E-state index is 0.126. The topological polar surface area (TPSA) is 92.3 Å². The van der Waals surface area contributed by atoms with Crippen molar-refractivity contribution >= 4 is 16.6 Å². The average Bonchev–Trinajstić information content (AvgIpc) is 3.85. The zero-order valence-corrected chi connectivity index (χ0v) is 21.2. The third kappa shape index (κ3) is 4.23. The number of hydrogen-bond acceptors (Lipinski definition) is 7. The summed E-state index contributed by atoms with van der Waals surface area (Å²) in [6.07, 6.45) is 3.52. The monoisotopic (exact) mass is 535 g/mol. The smallest absolute Gasteiger partial charge is 0.408 e. The molecule has 0 amide bonds. The molecule has 0 spiro atoms. The van der Waals surface area contributed by atoms with Crippen LogP contribution in [-0.2, 0) is 6.54 Å². The van der Waals surface area contributed by atoms with Crippen LogP contribution in [0.5, 0.6) is 11.9 Å². The van der Waals surface area contributed by atoms with E-state index in [0.717, 1.165) is 51.8 Å². The molecule has 4 heterocycles. The van der Waals surface area contributed by atoms with E-state index in [1.807, 2.05) is 24.3 Å². The van der Waals surface area contributed by atoms with Crippen LogP contribution in [0.4, 0.5) is 13.2 Å². The van der Waals surface area contributed by atoms with Crippen molar-refractivity contribution in [3.05, 3.63) is 59.7 Å². The number of methoxy groups -OCH3 is 2. The lowest BCUT2D eigenvalue weighted by atomic mass is 10.0. The summed E-state index contributed by atoms with van der Waals surface area (Å²) in [4.78, 5) is 13.0. The van der Waals surface area contributed by atoms with Gasteiger partial charge >= 0.3 is 12.2 Å². The van der Waals surface area contributed by atoms with E-state index in [2.05, 4.69) is 25.1 Å². The molecular formula is C27H24F3N7O2. The van der Waals surface area contributed by atoms with E-state index in [1.165, 1.54) is 14.2 Å². The predicted octanol–water partition coefficient (Wildman–Crippen LogP) is 5.26. The summed E-state index contributed by atoms with van der Waals surface area (Å²) in [5.74, 6) is 0.852. The molecule has 0 radical (unpaired) electrons. The maximum Gasteiger partial charge on any atom is 0.408 e. The van der Waals surface area contributed by atoms with Gasteiger partial charge in [0.2, 0.25) is 5.88 Å². The molecule has 7 rings (SSSR count). The number of hydrogen-bond donors (Lipinski definition) is 0. The molecular weight excluding hydrogens is 511 g/mol. The average molecular weight is 536 g/mol. The third-order valence-electron chi connectivity index (χ3n) is 7.49. The molecule has 9 nitrogen and oxygen atoms in total. The van der Waals surface area contributed by atoms with E-state index in [4.69, 9.17) is 9.47 Å². The molecule has 0 N–H and O–H groups in total. The molecule has 2 fully saturated rings. The van der Waals surface area contributed by atoms with Crippen LogP contribution in [0.3, 0.4) is 0 Å². The highest BCUT2D eigenvalue weighted by Crippen LogP contribution is 2.56. The number of rotatable bonds is 7. The largest absolute Gasteiger partial charge is 0.480 e. The summed E-state index contributed by atoms with van der Waals surface area (Å²) >= 11 is 0. The molecule has 2 saturated carbocycles. The molecule has 0 saturated heterocycles. The minimum Gasteiger partial charge on any atom is -0.480 e. The van der Waals surface area contributed by atoms with Crippen molar-refractivity contribution in [2.45, 2.75) is 49.7 Å². The van der Waals surface area contributed by atoms with Crippen molar-refractivity contribution in [1.82, 2.24) is 34.3 Å². The predicted molar refractivity (Wildman–Crippen MR) is 135 cm³/mol. The second kappa shape index (κ2) is 8.65. The summed E-state index contributed by atoms with van der Waals surface area (Å²) in [5, 5.41) is 9.89. The molecule has 0 bridgehead atoms. The van der Waals surface area contributed by atoms with E-state index >= 15 is 0 Å². The Balaban J connectivity index is 1.27. The number of alkyl halides is 3. The summed E-state index contributed by atoms with van der Waals surface area (Å²) in [6.45, 7) is -1.10. The quantitative estimate of drug-likeness (QED) is 0.281.